The van der Waals surface area contributed by atoms with Crippen molar-refractivity contribution >= 4 is 34.7 Å². The summed E-state index contributed by atoms with van der Waals surface area (Å²) in [5.41, 5.74) is 1.62. The van der Waals surface area contributed by atoms with Crippen LogP contribution >= 0.6 is 23.2 Å². The van der Waals surface area contributed by atoms with Crippen LogP contribution in [0.3, 0.4) is 0 Å². The zero-order valence-electron chi connectivity index (χ0n) is 9.71. The number of anilines is 1. The van der Waals surface area contributed by atoms with Gasteiger partial charge in [-0.3, -0.25) is 10.1 Å². The van der Waals surface area contributed by atoms with Crippen molar-refractivity contribution in [2.45, 2.75) is 0 Å². The molecule has 0 fully saturated rings. The van der Waals surface area contributed by atoms with E-state index in [0.717, 1.165) is 6.33 Å². The minimum Gasteiger partial charge on any atom is -0.433 e. The number of nitrogen functional groups attached to an aromatic ring is 1. The van der Waals surface area contributed by atoms with Gasteiger partial charge in [-0.25, -0.2) is 10.8 Å². The largest absolute Gasteiger partial charge is 0.433 e. The zero-order chi connectivity index (χ0) is 14.7. The topological polar surface area (TPSA) is 116 Å². The van der Waals surface area contributed by atoms with E-state index in [4.69, 9.17) is 33.8 Å². The molecule has 2 rings (SSSR count). The van der Waals surface area contributed by atoms with Crippen molar-refractivity contribution in [3.8, 4) is 11.6 Å². The monoisotopic (exact) mass is 315 g/mol. The number of nitro groups is 1. The van der Waals surface area contributed by atoms with Gasteiger partial charge in [0.15, 0.2) is 0 Å². The summed E-state index contributed by atoms with van der Waals surface area (Å²) in [6.45, 7) is 0. The molecule has 3 N–H and O–H groups in total. The normalized spacial score (nSPS) is 10.2. The number of rotatable bonds is 4. The van der Waals surface area contributed by atoms with Crippen LogP contribution in [0.15, 0.2) is 24.5 Å². The number of aromatic nitrogens is 2. The summed E-state index contributed by atoms with van der Waals surface area (Å²) in [7, 11) is 0. The molecular formula is C10H7Cl2N5O3. The third-order valence-corrected chi connectivity index (χ3v) is 2.95. The Labute approximate surface area is 122 Å². The molecule has 8 nitrogen and oxygen atoms in total. The molecular weight excluding hydrogens is 309 g/mol. The van der Waals surface area contributed by atoms with E-state index in [1.165, 1.54) is 18.2 Å². The number of hydrogen-bond donors (Lipinski definition) is 2. The number of ether oxygens (including phenoxy) is 1. The lowest BCUT2D eigenvalue weighted by atomic mass is 10.3. The number of hydrazine groups is 1. The van der Waals surface area contributed by atoms with Crippen LogP contribution in [0.5, 0.6) is 11.6 Å². The molecule has 0 bridgehead atoms. The maximum Gasteiger partial charge on any atom is 0.374 e. The fourth-order valence-electron chi connectivity index (χ4n) is 1.36. The summed E-state index contributed by atoms with van der Waals surface area (Å²) < 4.78 is 5.32. The fourth-order valence-corrected chi connectivity index (χ4v) is 1.65. The van der Waals surface area contributed by atoms with Crippen molar-refractivity contribution in [3.05, 3.63) is 44.7 Å². The summed E-state index contributed by atoms with van der Waals surface area (Å²) in [5, 5.41) is 11.6. The van der Waals surface area contributed by atoms with Gasteiger partial charge < -0.3 is 10.2 Å². The second-order valence-corrected chi connectivity index (χ2v) is 4.27. The van der Waals surface area contributed by atoms with Gasteiger partial charge in [0, 0.05) is 6.07 Å². The van der Waals surface area contributed by atoms with E-state index in [1.807, 2.05) is 0 Å². The molecule has 10 heteroatoms. The van der Waals surface area contributed by atoms with E-state index in [-0.39, 0.29) is 22.5 Å². The molecule has 0 aliphatic heterocycles. The molecule has 0 radical (unpaired) electrons. The van der Waals surface area contributed by atoms with E-state index < -0.39 is 10.6 Å². The first-order valence-electron chi connectivity index (χ1n) is 5.12. The summed E-state index contributed by atoms with van der Waals surface area (Å²) in [5.74, 6) is 4.96. The average Bonchev–Trinajstić information content (AvgIpc) is 2.42. The smallest absolute Gasteiger partial charge is 0.374 e. The van der Waals surface area contributed by atoms with Crippen LogP contribution in [0.2, 0.25) is 10.0 Å². The number of halogens is 2. The van der Waals surface area contributed by atoms with Gasteiger partial charge in [-0.1, -0.05) is 23.2 Å². The third-order valence-electron chi connectivity index (χ3n) is 2.21. The Morgan fingerprint density at radius 1 is 1.30 bits per heavy atom. The van der Waals surface area contributed by atoms with Crippen molar-refractivity contribution in [2.24, 2.45) is 5.84 Å². The first-order chi connectivity index (χ1) is 9.52. The molecule has 0 unspecified atom stereocenters. The molecule has 0 aliphatic rings. The molecule has 0 saturated carbocycles. The van der Waals surface area contributed by atoms with Gasteiger partial charge in [0.2, 0.25) is 5.82 Å². The molecule has 0 saturated heterocycles. The van der Waals surface area contributed by atoms with Crippen molar-refractivity contribution < 1.29 is 9.66 Å². The van der Waals surface area contributed by atoms with Crippen LogP contribution in [0, 0.1) is 10.1 Å². The average molecular weight is 316 g/mol. The molecule has 1 aromatic carbocycles. The predicted octanol–water partition coefficient (Wildman–Crippen LogP) is 2.77. The highest BCUT2D eigenvalue weighted by atomic mass is 35.5. The van der Waals surface area contributed by atoms with Gasteiger partial charge in [0.05, 0.1) is 15.0 Å². The lowest BCUT2D eigenvalue weighted by Gasteiger charge is -2.07. The lowest BCUT2D eigenvalue weighted by Crippen LogP contribution is -2.12. The molecule has 0 atom stereocenters. The Hall–Kier alpha value is -2.16. The number of benzene rings is 1. The zero-order valence-corrected chi connectivity index (χ0v) is 11.2. The molecule has 1 heterocycles. The highest BCUT2D eigenvalue weighted by Gasteiger charge is 2.24. The molecule has 104 valence electrons. The second kappa shape index (κ2) is 5.87. The lowest BCUT2D eigenvalue weighted by molar-refractivity contribution is -0.385. The van der Waals surface area contributed by atoms with Crippen LogP contribution in [0.1, 0.15) is 0 Å². The van der Waals surface area contributed by atoms with Crippen LogP contribution in [0.4, 0.5) is 11.5 Å². The maximum absolute atomic E-state index is 11.0. The van der Waals surface area contributed by atoms with Crippen LogP contribution in [-0.2, 0) is 0 Å². The Kier molecular flexibility index (Phi) is 4.18. The molecule has 0 amide bonds. The fraction of sp³-hybridized carbons (Fsp3) is 0. The molecule has 20 heavy (non-hydrogen) atoms. The van der Waals surface area contributed by atoms with Gasteiger partial charge in [-0.15, -0.1) is 0 Å². The molecule has 1 aromatic heterocycles. The van der Waals surface area contributed by atoms with Gasteiger partial charge in [-0.2, -0.15) is 4.98 Å². The first kappa shape index (κ1) is 14.3. The highest BCUT2D eigenvalue weighted by Crippen LogP contribution is 2.35. The number of nitrogens with two attached hydrogens (primary N) is 1. The number of nitrogens with one attached hydrogen (secondary N) is 1. The van der Waals surface area contributed by atoms with Crippen LogP contribution in [-0.4, -0.2) is 14.9 Å². The van der Waals surface area contributed by atoms with Crippen molar-refractivity contribution in [1.82, 2.24) is 9.97 Å². The predicted molar refractivity (Wildman–Crippen MR) is 73.0 cm³/mol. The van der Waals surface area contributed by atoms with Crippen LogP contribution < -0.4 is 16.0 Å². The van der Waals surface area contributed by atoms with Crippen molar-refractivity contribution in [3.63, 3.8) is 0 Å². The first-order valence-corrected chi connectivity index (χ1v) is 5.87. The van der Waals surface area contributed by atoms with Gasteiger partial charge in [-0.05, 0) is 12.1 Å². The Morgan fingerprint density at radius 3 is 2.65 bits per heavy atom. The van der Waals surface area contributed by atoms with E-state index in [0.29, 0.717) is 5.02 Å². The standard InChI is InChI=1S/C10H7Cl2N5O3/c11-6-2-1-5(3-7(6)12)20-10-8(17(18)19)9(16-13)14-4-15-10/h1-4H,13H2,(H,14,15,16). The third kappa shape index (κ3) is 2.87. The summed E-state index contributed by atoms with van der Waals surface area (Å²) >= 11 is 11.6. The highest BCUT2D eigenvalue weighted by molar-refractivity contribution is 6.42. The van der Waals surface area contributed by atoms with Crippen molar-refractivity contribution in [1.29, 1.82) is 0 Å². The Bertz CT molecular complexity index is 667. The van der Waals surface area contributed by atoms with Crippen molar-refractivity contribution in [2.75, 3.05) is 5.43 Å². The minimum absolute atomic E-state index is 0.167. The summed E-state index contributed by atoms with van der Waals surface area (Å²) in [6.07, 6.45) is 1.08. The van der Waals surface area contributed by atoms with E-state index >= 15 is 0 Å². The quantitative estimate of drug-likeness (QED) is 0.506. The SMILES string of the molecule is NNc1ncnc(Oc2ccc(Cl)c(Cl)c2)c1[N+](=O)[O-]. The Balaban J connectivity index is 2.42. The van der Waals surface area contributed by atoms with Gasteiger partial charge >= 0.3 is 11.6 Å². The van der Waals surface area contributed by atoms with E-state index in [2.05, 4.69) is 15.4 Å². The van der Waals surface area contributed by atoms with Gasteiger partial charge in [0.1, 0.15) is 12.1 Å². The van der Waals surface area contributed by atoms with Gasteiger partial charge in [0.25, 0.3) is 0 Å². The summed E-state index contributed by atoms with van der Waals surface area (Å²) in [4.78, 5) is 17.7. The second-order valence-electron chi connectivity index (χ2n) is 3.46. The maximum atomic E-state index is 11.0. The van der Waals surface area contributed by atoms with E-state index in [9.17, 15) is 10.1 Å². The minimum atomic E-state index is -0.706. The molecule has 0 aliphatic carbocycles. The number of hydrogen-bond acceptors (Lipinski definition) is 7. The summed E-state index contributed by atoms with van der Waals surface area (Å²) in [6, 6.07) is 4.40. The van der Waals surface area contributed by atoms with E-state index in [1.54, 1.807) is 0 Å². The number of nitrogens with zero attached hydrogens (tertiary/aromatic N) is 3. The molecule has 2 aromatic rings. The molecule has 0 spiro atoms. The Morgan fingerprint density at radius 2 is 2.05 bits per heavy atom. The van der Waals surface area contributed by atoms with Crippen LogP contribution in [0.25, 0.3) is 0 Å².